The van der Waals surface area contributed by atoms with Crippen LogP contribution in [0.4, 0.5) is 4.39 Å². The zero-order valence-electron chi connectivity index (χ0n) is 10.8. The first-order chi connectivity index (χ1) is 10.2. The van der Waals surface area contributed by atoms with Crippen molar-refractivity contribution in [2.24, 2.45) is 0 Å². The molecule has 1 atom stereocenters. The van der Waals surface area contributed by atoms with Crippen molar-refractivity contribution in [3.63, 3.8) is 0 Å². The fraction of sp³-hybridized carbons (Fsp3) is 0.0625. The monoisotopic (exact) mass is 296 g/mol. The van der Waals surface area contributed by atoms with Crippen LogP contribution < -0.4 is 0 Å². The van der Waals surface area contributed by atoms with E-state index < -0.39 is 5.92 Å². The summed E-state index contributed by atoms with van der Waals surface area (Å²) in [7, 11) is 0. The fourth-order valence-corrected chi connectivity index (χ4v) is 3.17. The van der Waals surface area contributed by atoms with E-state index in [1.165, 1.54) is 23.5 Å². The van der Waals surface area contributed by atoms with Crippen molar-refractivity contribution < 1.29 is 9.18 Å². The van der Waals surface area contributed by atoms with Crippen LogP contribution in [-0.4, -0.2) is 10.8 Å². The Kier molecular flexibility index (Phi) is 3.46. The number of rotatable bonds is 3. The Hall–Kier alpha value is -2.58. The molecular formula is C16H9FN2OS. The molecule has 0 saturated carbocycles. The van der Waals surface area contributed by atoms with Crippen LogP contribution in [0.3, 0.4) is 0 Å². The molecule has 3 nitrogen and oxygen atoms in total. The summed E-state index contributed by atoms with van der Waals surface area (Å²) < 4.78 is 13.9. The van der Waals surface area contributed by atoms with Gasteiger partial charge in [0, 0.05) is 17.1 Å². The smallest absolute Gasteiger partial charge is 0.194 e. The van der Waals surface area contributed by atoms with Gasteiger partial charge in [-0.2, -0.15) is 5.26 Å². The maximum Gasteiger partial charge on any atom is 0.194 e. The van der Waals surface area contributed by atoms with Crippen LogP contribution in [0.2, 0.25) is 0 Å². The highest BCUT2D eigenvalue weighted by Crippen LogP contribution is 2.30. The molecule has 0 spiro atoms. The molecule has 0 saturated heterocycles. The van der Waals surface area contributed by atoms with Crippen molar-refractivity contribution in [3.05, 3.63) is 65.0 Å². The average Bonchev–Trinajstić information content (AvgIpc) is 2.92. The van der Waals surface area contributed by atoms with Crippen molar-refractivity contribution in [2.75, 3.05) is 0 Å². The molecule has 3 rings (SSSR count). The van der Waals surface area contributed by atoms with Crippen LogP contribution in [0, 0.1) is 17.1 Å². The van der Waals surface area contributed by atoms with E-state index in [1.54, 1.807) is 36.7 Å². The number of hydrogen-bond acceptors (Lipinski definition) is 4. The molecule has 21 heavy (non-hydrogen) atoms. The first-order valence-corrected chi connectivity index (χ1v) is 7.03. The van der Waals surface area contributed by atoms with Gasteiger partial charge in [0.2, 0.25) is 0 Å². The lowest BCUT2D eigenvalue weighted by Crippen LogP contribution is -2.09. The van der Waals surface area contributed by atoms with E-state index in [4.69, 9.17) is 0 Å². The minimum atomic E-state index is -0.870. The second-order valence-electron chi connectivity index (χ2n) is 4.50. The van der Waals surface area contributed by atoms with Crippen molar-refractivity contribution in [3.8, 4) is 6.07 Å². The average molecular weight is 296 g/mol. The number of benzene rings is 1. The highest BCUT2D eigenvalue weighted by molar-refractivity contribution is 7.20. The van der Waals surface area contributed by atoms with Gasteiger partial charge in [0.05, 0.1) is 10.9 Å². The number of nitrogens with zero attached hydrogens (tertiary/aromatic N) is 2. The van der Waals surface area contributed by atoms with Gasteiger partial charge in [0.1, 0.15) is 11.7 Å². The number of hydrogen-bond donors (Lipinski definition) is 0. The maximum atomic E-state index is 13.2. The fourth-order valence-electron chi connectivity index (χ4n) is 2.11. The molecule has 1 unspecified atom stereocenters. The number of pyridine rings is 1. The Morgan fingerprint density at radius 1 is 1.24 bits per heavy atom. The molecule has 1 aromatic carbocycles. The number of thiophene rings is 1. The van der Waals surface area contributed by atoms with Crippen LogP contribution in [0.15, 0.2) is 48.8 Å². The molecule has 0 bridgehead atoms. The summed E-state index contributed by atoms with van der Waals surface area (Å²) >= 11 is 1.20. The number of carbonyl (C=O) groups excluding carboxylic acids is 1. The third kappa shape index (κ3) is 2.54. The first-order valence-electron chi connectivity index (χ1n) is 6.22. The summed E-state index contributed by atoms with van der Waals surface area (Å²) in [6.07, 6.45) is 3.10. The van der Waals surface area contributed by atoms with E-state index in [1.807, 2.05) is 6.07 Å². The van der Waals surface area contributed by atoms with Gasteiger partial charge >= 0.3 is 0 Å². The molecule has 0 aliphatic rings. The van der Waals surface area contributed by atoms with E-state index >= 15 is 0 Å². The third-order valence-corrected chi connectivity index (χ3v) is 4.27. The van der Waals surface area contributed by atoms with E-state index in [2.05, 4.69) is 4.98 Å². The van der Waals surface area contributed by atoms with E-state index in [0.717, 1.165) is 5.39 Å². The highest BCUT2D eigenvalue weighted by Gasteiger charge is 2.23. The normalized spacial score (nSPS) is 12.0. The van der Waals surface area contributed by atoms with Crippen LogP contribution >= 0.6 is 11.3 Å². The molecule has 5 heteroatoms. The zero-order chi connectivity index (χ0) is 14.8. The molecule has 0 amide bonds. The minimum Gasteiger partial charge on any atom is -0.291 e. The molecule has 0 fully saturated rings. The minimum absolute atomic E-state index is 0.273. The van der Waals surface area contributed by atoms with Crippen LogP contribution in [0.25, 0.3) is 10.1 Å². The number of nitriles is 1. The van der Waals surface area contributed by atoms with Gasteiger partial charge < -0.3 is 0 Å². The Morgan fingerprint density at radius 2 is 2.00 bits per heavy atom. The summed E-state index contributed by atoms with van der Waals surface area (Å²) in [5.74, 6) is -1.48. The molecule has 0 N–H and O–H groups in total. The second kappa shape index (κ2) is 5.43. The summed E-state index contributed by atoms with van der Waals surface area (Å²) in [5.41, 5.74) is 0.612. The second-order valence-corrected chi connectivity index (χ2v) is 5.58. The number of Topliss-reactive ketones (excluding diaryl/α,β-unsaturated/α-hetero) is 1. The van der Waals surface area contributed by atoms with E-state index in [0.29, 0.717) is 15.1 Å². The van der Waals surface area contributed by atoms with Gasteiger partial charge in [-0.1, -0.05) is 6.07 Å². The Labute approximate surface area is 124 Å². The largest absolute Gasteiger partial charge is 0.291 e. The van der Waals surface area contributed by atoms with Gasteiger partial charge in [0.15, 0.2) is 5.78 Å². The number of fused-ring (bicyclic) bond motifs is 1. The van der Waals surface area contributed by atoms with Crippen LogP contribution in [0.5, 0.6) is 0 Å². The van der Waals surface area contributed by atoms with Gasteiger partial charge in [-0.25, -0.2) is 4.39 Å². The van der Waals surface area contributed by atoms with Crippen LogP contribution in [-0.2, 0) is 0 Å². The van der Waals surface area contributed by atoms with Crippen LogP contribution in [0.1, 0.15) is 21.2 Å². The SMILES string of the molecule is N#CC(C(=O)c1cc2ccc(F)cc2s1)c1ccncc1. The van der Waals surface area contributed by atoms with E-state index in [9.17, 15) is 14.4 Å². The van der Waals surface area contributed by atoms with Gasteiger partial charge in [0.25, 0.3) is 0 Å². The lowest BCUT2D eigenvalue weighted by molar-refractivity contribution is 0.0983. The summed E-state index contributed by atoms with van der Waals surface area (Å²) in [6, 6.07) is 11.4. The molecular weight excluding hydrogens is 287 g/mol. The molecule has 3 aromatic rings. The number of ketones is 1. The predicted octanol–water partition coefficient (Wildman–Crippen LogP) is 3.93. The standard InChI is InChI=1S/C16H9FN2OS/c17-12-2-1-11-7-15(21-14(11)8-12)16(20)13(9-18)10-3-5-19-6-4-10/h1-8,13H. The lowest BCUT2D eigenvalue weighted by Gasteiger charge is -2.05. The summed E-state index contributed by atoms with van der Waals surface area (Å²) in [6.45, 7) is 0. The molecule has 0 aliphatic heterocycles. The van der Waals surface area contributed by atoms with Crippen molar-refractivity contribution in [1.82, 2.24) is 4.98 Å². The number of carbonyl (C=O) groups is 1. The first kappa shape index (κ1) is 13.4. The van der Waals surface area contributed by atoms with Crippen molar-refractivity contribution in [2.45, 2.75) is 5.92 Å². The van der Waals surface area contributed by atoms with Crippen molar-refractivity contribution >= 4 is 27.2 Å². The molecule has 0 radical (unpaired) electrons. The van der Waals surface area contributed by atoms with E-state index in [-0.39, 0.29) is 11.6 Å². The zero-order valence-corrected chi connectivity index (χ0v) is 11.6. The maximum absolute atomic E-state index is 13.2. The molecule has 102 valence electrons. The van der Waals surface area contributed by atoms with Gasteiger partial charge in [-0.05, 0) is 41.3 Å². The molecule has 2 aromatic heterocycles. The van der Waals surface area contributed by atoms with Gasteiger partial charge in [-0.15, -0.1) is 11.3 Å². The third-order valence-electron chi connectivity index (χ3n) is 3.16. The Morgan fingerprint density at radius 3 is 2.71 bits per heavy atom. The molecule has 0 aliphatic carbocycles. The molecule has 2 heterocycles. The van der Waals surface area contributed by atoms with Crippen molar-refractivity contribution in [1.29, 1.82) is 5.26 Å². The summed E-state index contributed by atoms with van der Waals surface area (Å²) in [4.78, 5) is 16.8. The highest BCUT2D eigenvalue weighted by atomic mass is 32.1. The topological polar surface area (TPSA) is 53.8 Å². The predicted molar refractivity (Wildman–Crippen MR) is 78.7 cm³/mol. The number of aromatic nitrogens is 1. The lowest BCUT2D eigenvalue weighted by atomic mass is 9.96. The Balaban J connectivity index is 2.01. The van der Waals surface area contributed by atoms with Gasteiger partial charge in [-0.3, -0.25) is 9.78 Å². The quantitative estimate of drug-likeness (QED) is 0.688. The number of halogens is 1. The summed E-state index contributed by atoms with van der Waals surface area (Å²) in [5, 5.41) is 10.1. The Bertz CT molecular complexity index is 852.